The standard InChI is InChI=1S/C24H25FN6O/c1-16-3-4-18(13-17(16)2)23-27-24-26-20(14-22(32)31(24)28-23)15-29-9-11-30(12-10-29)21-7-5-19(25)6-8-21/h3-8,13-14H,9-12,15H2,1-2H3,(H,26,27,28). The molecule has 0 bridgehead atoms. The number of piperazine rings is 1. The predicted molar refractivity (Wildman–Crippen MR) is 122 cm³/mol. The average molecular weight is 433 g/mol. The molecule has 0 atom stereocenters. The fraction of sp³-hybridized carbons (Fsp3) is 0.292. The van der Waals surface area contributed by atoms with E-state index in [-0.39, 0.29) is 11.4 Å². The highest BCUT2D eigenvalue weighted by Crippen LogP contribution is 2.20. The fourth-order valence-electron chi connectivity index (χ4n) is 4.07. The van der Waals surface area contributed by atoms with E-state index in [9.17, 15) is 9.18 Å². The first-order chi connectivity index (χ1) is 15.5. The molecule has 0 spiro atoms. The van der Waals surface area contributed by atoms with Crippen LogP contribution in [0.25, 0.3) is 17.2 Å². The molecule has 4 aromatic rings. The Hall–Kier alpha value is -3.52. The number of nitrogens with zero attached hydrogens (tertiary/aromatic N) is 5. The Morgan fingerprint density at radius 1 is 0.938 bits per heavy atom. The van der Waals surface area contributed by atoms with Crippen molar-refractivity contribution in [3.05, 3.63) is 81.5 Å². The second-order valence-corrected chi connectivity index (χ2v) is 8.33. The van der Waals surface area contributed by atoms with Crippen LogP contribution in [-0.4, -0.2) is 50.7 Å². The molecule has 1 N–H and O–H groups in total. The van der Waals surface area contributed by atoms with E-state index in [1.807, 2.05) is 24.3 Å². The Balaban J connectivity index is 1.31. The minimum atomic E-state index is -0.223. The first kappa shape index (κ1) is 20.4. The highest BCUT2D eigenvalue weighted by molar-refractivity contribution is 5.59. The third-order valence-electron chi connectivity index (χ3n) is 6.11. The molecule has 1 saturated heterocycles. The Labute approximate surface area is 185 Å². The zero-order valence-corrected chi connectivity index (χ0v) is 18.2. The number of anilines is 1. The lowest BCUT2D eigenvalue weighted by Gasteiger charge is -2.35. The van der Waals surface area contributed by atoms with E-state index in [0.717, 1.165) is 37.4 Å². The summed E-state index contributed by atoms with van der Waals surface area (Å²) >= 11 is 0. The summed E-state index contributed by atoms with van der Waals surface area (Å²) < 4.78 is 14.6. The lowest BCUT2D eigenvalue weighted by Crippen LogP contribution is -2.46. The molecule has 0 radical (unpaired) electrons. The number of fused-ring (bicyclic) bond motifs is 1. The summed E-state index contributed by atoms with van der Waals surface area (Å²) in [6.07, 6.45) is 0. The van der Waals surface area contributed by atoms with Gasteiger partial charge in [-0.15, -0.1) is 0 Å². The molecule has 8 heteroatoms. The minimum absolute atomic E-state index is 0.169. The molecule has 1 fully saturated rings. The van der Waals surface area contributed by atoms with Crippen molar-refractivity contribution in [3.8, 4) is 11.4 Å². The van der Waals surface area contributed by atoms with Crippen LogP contribution in [0.5, 0.6) is 0 Å². The molecule has 2 aromatic heterocycles. The van der Waals surface area contributed by atoms with Crippen LogP contribution in [0.1, 0.15) is 16.8 Å². The van der Waals surface area contributed by atoms with Gasteiger partial charge in [0.1, 0.15) is 5.82 Å². The first-order valence-corrected chi connectivity index (χ1v) is 10.8. The Morgan fingerprint density at radius 2 is 1.69 bits per heavy atom. The molecule has 164 valence electrons. The normalized spacial score (nSPS) is 14.9. The van der Waals surface area contributed by atoms with Crippen molar-refractivity contribution in [2.45, 2.75) is 20.4 Å². The van der Waals surface area contributed by atoms with Crippen molar-refractivity contribution in [2.75, 3.05) is 31.1 Å². The van der Waals surface area contributed by atoms with E-state index in [0.29, 0.717) is 23.8 Å². The van der Waals surface area contributed by atoms with Crippen LogP contribution in [0, 0.1) is 19.7 Å². The van der Waals surface area contributed by atoms with Gasteiger partial charge >= 0.3 is 0 Å². The maximum atomic E-state index is 13.2. The summed E-state index contributed by atoms with van der Waals surface area (Å²) in [6, 6.07) is 14.3. The molecule has 3 heterocycles. The minimum Gasteiger partial charge on any atom is -0.369 e. The van der Waals surface area contributed by atoms with Gasteiger partial charge in [0.15, 0.2) is 5.82 Å². The topological polar surface area (TPSA) is 69.5 Å². The Morgan fingerprint density at radius 3 is 2.41 bits per heavy atom. The van der Waals surface area contributed by atoms with E-state index in [1.165, 1.54) is 27.8 Å². The summed E-state index contributed by atoms with van der Waals surface area (Å²) in [4.78, 5) is 26.4. The summed E-state index contributed by atoms with van der Waals surface area (Å²) in [5.74, 6) is 0.785. The number of aryl methyl sites for hydroxylation is 2. The molecule has 7 nitrogen and oxygen atoms in total. The van der Waals surface area contributed by atoms with Crippen LogP contribution in [0.4, 0.5) is 10.1 Å². The van der Waals surface area contributed by atoms with Crippen molar-refractivity contribution >= 4 is 11.5 Å². The van der Waals surface area contributed by atoms with E-state index < -0.39 is 0 Å². The van der Waals surface area contributed by atoms with Crippen LogP contribution in [-0.2, 0) is 6.54 Å². The highest BCUT2D eigenvalue weighted by atomic mass is 19.1. The van der Waals surface area contributed by atoms with Crippen molar-refractivity contribution in [1.82, 2.24) is 24.5 Å². The number of nitrogens with one attached hydrogen (secondary N) is 1. The molecule has 0 unspecified atom stereocenters. The SMILES string of the molecule is Cc1ccc(-c2nc3nc(CN4CCN(c5ccc(F)cc5)CC4)cc(=O)n3[nH]2)cc1C. The smallest absolute Gasteiger partial charge is 0.274 e. The van der Waals surface area contributed by atoms with Crippen molar-refractivity contribution in [2.24, 2.45) is 0 Å². The second kappa shape index (κ2) is 8.20. The van der Waals surface area contributed by atoms with Crippen molar-refractivity contribution in [1.29, 1.82) is 0 Å². The van der Waals surface area contributed by atoms with Crippen LogP contribution in [0.15, 0.2) is 53.3 Å². The van der Waals surface area contributed by atoms with Crippen LogP contribution < -0.4 is 10.5 Å². The summed E-state index contributed by atoms with van der Waals surface area (Å²) in [5.41, 5.74) is 4.88. The molecule has 1 aliphatic rings. The number of halogens is 1. The number of hydrogen-bond donors (Lipinski definition) is 1. The van der Waals surface area contributed by atoms with Crippen LogP contribution in [0.2, 0.25) is 0 Å². The van der Waals surface area contributed by atoms with E-state index in [4.69, 9.17) is 0 Å². The van der Waals surface area contributed by atoms with E-state index in [2.05, 4.69) is 44.8 Å². The summed E-state index contributed by atoms with van der Waals surface area (Å²) in [5, 5.41) is 3.07. The quantitative estimate of drug-likeness (QED) is 0.537. The monoisotopic (exact) mass is 432 g/mol. The van der Waals surface area contributed by atoms with Gasteiger partial charge in [0.25, 0.3) is 11.3 Å². The third-order valence-corrected chi connectivity index (χ3v) is 6.11. The molecule has 0 aliphatic carbocycles. The summed E-state index contributed by atoms with van der Waals surface area (Å²) in [6.45, 7) is 8.07. The summed E-state index contributed by atoms with van der Waals surface area (Å²) in [7, 11) is 0. The fourth-order valence-corrected chi connectivity index (χ4v) is 4.07. The van der Waals surface area contributed by atoms with Gasteiger partial charge in [-0.3, -0.25) is 14.8 Å². The first-order valence-electron chi connectivity index (χ1n) is 10.8. The largest absolute Gasteiger partial charge is 0.369 e. The highest BCUT2D eigenvalue weighted by Gasteiger charge is 2.19. The molecular weight excluding hydrogens is 407 g/mol. The Bertz CT molecular complexity index is 1320. The van der Waals surface area contributed by atoms with Crippen molar-refractivity contribution < 1.29 is 4.39 Å². The predicted octanol–water partition coefficient (Wildman–Crippen LogP) is 3.16. The van der Waals surface area contributed by atoms with E-state index in [1.54, 1.807) is 6.07 Å². The third kappa shape index (κ3) is 4.01. The number of hydrogen-bond acceptors (Lipinski definition) is 5. The van der Waals surface area contributed by atoms with Gasteiger partial charge in [-0.25, -0.2) is 9.37 Å². The average Bonchev–Trinajstić information content (AvgIpc) is 3.22. The van der Waals surface area contributed by atoms with Gasteiger partial charge in [-0.1, -0.05) is 12.1 Å². The van der Waals surface area contributed by atoms with Gasteiger partial charge in [0, 0.05) is 50.0 Å². The zero-order chi connectivity index (χ0) is 22.2. The maximum absolute atomic E-state index is 13.2. The number of benzene rings is 2. The number of aromatic nitrogens is 4. The van der Waals surface area contributed by atoms with Gasteiger partial charge in [0.05, 0.1) is 5.69 Å². The Kier molecular flexibility index (Phi) is 5.22. The van der Waals surface area contributed by atoms with E-state index >= 15 is 0 Å². The van der Waals surface area contributed by atoms with Crippen molar-refractivity contribution in [3.63, 3.8) is 0 Å². The van der Waals surface area contributed by atoms with Gasteiger partial charge in [-0.2, -0.15) is 9.50 Å². The number of rotatable bonds is 4. The van der Waals surface area contributed by atoms with Crippen LogP contribution >= 0.6 is 0 Å². The molecule has 5 rings (SSSR count). The lowest BCUT2D eigenvalue weighted by atomic mass is 10.1. The molecule has 32 heavy (non-hydrogen) atoms. The molecule has 0 saturated carbocycles. The second-order valence-electron chi connectivity index (χ2n) is 8.33. The van der Waals surface area contributed by atoms with Gasteiger partial charge in [-0.05, 0) is 55.3 Å². The zero-order valence-electron chi connectivity index (χ0n) is 18.2. The van der Waals surface area contributed by atoms with Gasteiger partial charge < -0.3 is 4.90 Å². The van der Waals surface area contributed by atoms with Crippen LogP contribution in [0.3, 0.4) is 0 Å². The lowest BCUT2D eigenvalue weighted by molar-refractivity contribution is 0.247. The number of aromatic amines is 1. The molecular formula is C24H25FN6O. The maximum Gasteiger partial charge on any atom is 0.274 e. The molecule has 1 aliphatic heterocycles. The molecule has 2 aromatic carbocycles. The number of H-pyrrole nitrogens is 1. The van der Waals surface area contributed by atoms with Gasteiger partial charge in [0.2, 0.25) is 0 Å². The molecule has 0 amide bonds.